The Labute approximate surface area is 260 Å². The number of aliphatic carboxylic acids is 1. The van der Waals surface area contributed by atoms with Crippen LogP contribution in [0.15, 0.2) is 23.3 Å². The van der Waals surface area contributed by atoms with Crippen LogP contribution in [-0.4, -0.2) is 65.8 Å². The fraction of sp³-hybridized carbons (Fsp3) is 0.788. The van der Waals surface area contributed by atoms with Crippen LogP contribution in [0.25, 0.3) is 0 Å². The predicted octanol–water partition coefficient (Wildman–Crippen LogP) is 6.45. The highest BCUT2D eigenvalue weighted by molar-refractivity contribution is 8.22. The van der Waals surface area contributed by atoms with Crippen LogP contribution >= 0.6 is 24.0 Å². The number of fused-ring (bicyclic) bond motifs is 2. The van der Waals surface area contributed by atoms with Crippen molar-refractivity contribution in [2.24, 2.45) is 45.8 Å². The molecule has 11 atom stereocenters. The summed E-state index contributed by atoms with van der Waals surface area (Å²) in [4.78, 5) is 27.0. The third kappa shape index (κ3) is 4.67. The first kappa shape index (κ1) is 32.1. The molecule has 0 aromatic carbocycles. The lowest BCUT2D eigenvalue weighted by Crippen LogP contribution is -2.64. The van der Waals surface area contributed by atoms with E-state index in [4.69, 9.17) is 31.2 Å². The highest BCUT2D eigenvalue weighted by Crippen LogP contribution is 2.82. The molecule has 9 heteroatoms. The molecule has 4 bridgehead atoms. The fourth-order valence-corrected chi connectivity index (χ4v) is 10.2. The van der Waals surface area contributed by atoms with E-state index in [9.17, 15) is 14.7 Å². The van der Waals surface area contributed by atoms with Crippen molar-refractivity contribution >= 4 is 40.6 Å². The number of carboxylic acids is 1. The Hall–Kier alpha value is -1.26. The van der Waals surface area contributed by atoms with Gasteiger partial charge in [-0.15, -0.1) is 0 Å². The van der Waals surface area contributed by atoms with Gasteiger partial charge in [0.2, 0.25) is 4.38 Å². The molecule has 3 saturated carbocycles. The van der Waals surface area contributed by atoms with Crippen LogP contribution in [-0.2, 0) is 28.5 Å². The van der Waals surface area contributed by atoms with Crippen molar-refractivity contribution in [1.82, 2.24) is 0 Å². The fourth-order valence-electron chi connectivity index (χ4n) is 9.84. The number of hydrogen-bond donors (Lipinski definition) is 1. The first-order valence-corrected chi connectivity index (χ1v) is 17.2. The molecule has 1 saturated heterocycles. The zero-order chi connectivity index (χ0) is 30.6. The summed E-state index contributed by atoms with van der Waals surface area (Å²) in [6.45, 7) is 13.1. The number of rotatable bonds is 10. The van der Waals surface area contributed by atoms with E-state index in [1.54, 1.807) is 0 Å². The Bertz CT molecular complexity index is 1150. The van der Waals surface area contributed by atoms with Crippen LogP contribution in [0.2, 0.25) is 0 Å². The number of thiocarbonyl (C=S) groups is 1. The van der Waals surface area contributed by atoms with E-state index in [1.165, 1.54) is 17.3 Å². The molecule has 0 amide bonds. The monoisotopic (exact) mass is 620 g/mol. The van der Waals surface area contributed by atoms with Crippen molar-refractivity contribution in [2.45, 2.75) is 98.2 Å². The average molecular weight is 621 g/mol. The van der Waals surface area contributed by atoms with Gasteiger partial charge in [0.25, 0.3) is 0 Å². The minimum Gasteiger partial charge on any atom is -0.481 e. The van der Waals surface area contributed by atoms with Crippen LogP contribution in [0.5, 0.6) is 0 Å². The van der Waals surface area contributed by atoms with Gasteiger partial charge in [-0.2, -0.15) is 0 Å². The minimum absolute atomic E-state index is 0.0220. The maximum Gasteiger partial charge on any atom is 0.315 e. The summed E-state index contributed by atoms with van der Waals surface area (Å²) in [7, 11) is 0. The number of hydrogen-bond acceptors (Lipinski definition) is 8. The molecule has 1 heterocycles. The van der Waals surface area contributed by atoms with Gasteiger partial charge in [-0.25, -0.2) is 0 Å². The van der Waals surface area contributed by atoms with Gasteiger partial charge in [0.05, 0.1) is 24.7 Å². The summed E-state index contributed by atoms with van der Waals surface area (Å²) in [5.41, 5.74) is -0.790. The summed E-state index contributed by atoms with van der Waals surface area (Å²) in [5, 5.41) is 11.2. The van der Waals surface area contributed by atoms with E-state index in [2.05, 4.69) is 26.8 Å². The van der Waals surface area contributed by atoms with E-state index < -0.39 is 28.5 Å². The summed E-state index contributed by atoms with van der Waals surface area (Å²) in [6.07, 6.45) is 9.27. The summed E-state index contributed by atoms with van der Waals surface area (Å²) in [5.74, 6) is -0.00749. The molecular formula is C33H48O7S2. The lowest BCUT2D eigenvalue weighted by Gasteiger charge is -2.58. The van der Waals surface area contributed by atoms with Gasteiger partial charge in [0, 0.05) is 11.8 Å². The molecule has 5 rings (SSSR count). The number of ether oxygens (including phenoxy) is 4. The lowest BCUT2D eigenvalue weighted by molar-refractivity contribution is -0.266. The normalized spacial score (nSPS) is 43.6. The number of carbonyl (C=O) groups excluding carboxylic acids is 1. The Morgan fingerprint density at radius 1 is 1.24 bits per heavy atom. The van der Waals surface area contributed by atoms with Crippen molar-refractivity contribution in [3.05, 3.63) is 23.3 Å². The van der Waals surface area contributed by atoms with Gasteiger partial charge in [-0.05, 0) is 88.1 Å². The number of allylic oxidation sites excluding steroid dienone is 2. The number of aldehydes is 1. The number of thioether (sulfide) groups is 1. The molecule has 7 unspecified atom stereocenters. The second kappa shape index (κ2) is 11.9. The van der Waals surface area contributed by atoms with Crippen molar-refractivity contribution in [1.29, 1.82) is 0 Å². The first-order chi connectivity index (χ1) is 19.9. The average Bonchev–Trinajstić information content (AvgIpc) is 3.50. The second-order valence-electron chi connectivity index (χ2n) is 14.0. The molecule has 4 aliphatic carbocycles. The quantitative estimate of drug-likeness (QED) is 0.168. The molecular weight excluding hydrogens is 572 g/mol. The Kier molecular flexibility index (Phi) is 9.12. The molecule has 0 radical (unpaired) electrons. The maximum atomic E-state index is 13.7. The van der Waals surface area contributed by atoms with Gasteiger partial charge in [-0.1, -0.05) is 62.3 Å². The van der Waals surface area contributed by atoms with E-state index in [0.717, 1.165) is 31.1 Å². The lowest BCUT2D eigenvalue weighted by atomic mass is 9.43. The van der Waals surface area contributed by atoms with Gasteiger partial charge < -0.3 is 28.8 Å². The Morgan fingerprint density at radius 2 is 1.98 bits per heavy atom. The van der Waals surface area contributed by atoms with E-state index >= 15 is 0 Å². The third-order valence-corrected chi connectivity index (χ3v) is 12.5. The Morgan fingerprint density at radius 3 is 2.60 bits per heavy atom. The topological polar surface area (TPSA) is 91.3 Å². The summed E-state index contributed by atoms with van der Waals surface area (Å²) >= 11 is 6.79. The first-order valence-electron chi connectivity index (χ1n) is 15.6. The molecule has 7 nitrogen and oxygen atoms in total. The number of carboxylic acid groups (broad SMARTS) is 1. The SMILES string of the molecule is CSC(=S)O[C@H]1C[C@H](OCC23CC4C(C)CCC4C4(C=O)CC2C=C(C(C)C)C43C(=O)O)O[C@H](C)[C@H]1OCC=C(C)C. The number of carbonyl (C=O) groups is 2. The third-order valence-electron chi connectivity index (χ3n) is 11.5. The largest absolute Gasteiger partial charge is 0.481 e. The summed E-state index contributed by atoms with van der Waals surface area (Å²) < 4.78 is 25.9. The molecule has 5 aliphatic rings. The summed E-state index contributed by atoms with van der Waals surface area (Å²) in [6, 6.07) is 0. The predicted molar refractivity (Wildman–Crippen MR) is 167 cm³/mol. The van der Waals surface area contributed by atoms with Crippen molar-refractivity contribution < 1.29 is 33.6 Å². The van der Waals surface area contributed by atoms with Crippen LogP contribution in [0.1, 0.15) is 73.6 Å². The zero-order valence-corrected chi connectivity index (χ0v) is 27.7. The van der Waals surface area contributed by atoms with Gasteiger partial charge in [0.1, 0.15) is 23.9 Å². The molecule has 234 valence electrons. The molecule has 42 heavy (non-hydrogen) atoms. The van der Waals surface area contributed by atoms with Gasteiger partial charge >= 0.3 is 5.97 Å². The molecule has 4 fully saturated rings. The van der Waals surface area contributed by atoms with Crippen molar-refractivity contribution in [3.8, 4) is 0 Å². The Balaban J connectivity index is 1.45. The van der Waals surface area contributed by atoms with E-state index in [1.807, 2.05) is 33.1 Å². The van der Waals surface area contributed by atoms with Crippen molar-refractivity contribution in [3.63, 3.8) is 0 Å². The van der Waals surface area contributed by atoms with Gasteiger partial charge in [-0.3, -0.25) is 4.79 Å². The molecule has 1 N–H and O–H groups in total. The van der Waals surface area contributed by atoms with Crippen molar-refractivity contribution in [2.75, 3.05) is 19.5 Å². The highest BCUT2D eigenvalue weighted by atomic mass is 32.2. The van der Waals surface area contributed by atoms with Crippen LogP contribution in [0, 0.1) is 45.8 Å². The molecule has 0 spiro atoms. The van der Waals surface area contributed by atoms with E-state index in [-0.39, 0.29) is 42.7 Å². The molecule has 0 aromatic heterocycles. The van der Waals surface area contributed by atoms with Crippen LogP contribution < -0.4 is 0 Å². The molecule has 0 aromatic rings. The van der Waals surface area contributed by atoms with Gasteiger partial charge in [0.15, 0.2) is 6.29 Å². The zero-order valence-electron chi connectivity index (χ0n) is 26.1. The maximum absolute atomic E-state index is 13.7. The molecule has 1 aliphatic heterocycles. The van der Waals surface area contributed by atoms with E-state index in [0.29, 0.717) is 35.7 Å². The minimum atomic E-state index is -1.27. The highest BCUT2D eigenvalue weighted by Gasteiger charge is 2.84. The smallest absolute Gasteiger partial charge is 0.315 e. The second-order valence-corrected chi connectivity index (χ2v) is 15.4. The van der Waals surface area contributed by atoms with Crippen LogP contribution in [0.4, 0.5) is 0 Å². The van der Waals surface area contributed by atoms with Crippen LogP contribution in [0.3, 0.4) is 0 Å². The standard InChI is InChI=1S/C33H48O7S2/c1-18(2)10-11-37-28-21(6)39-27(13-26(28)40-30(41)42-7)38-17-32-15-23-20(5)8-9-24(23)31(16-34)14-22(32)12-25(19(3)4)33(31,32)29(35)36/h10,12,16,19-24,26-28H,8-9,11,13-15,17H2,1-7H3,(H,35,36)/t20?,21-,22?,23?,24?,26+,27-,28-,31?,32?,33?/m1/s1.